The molecule has 3 fully saturated rings. The Morgan fingerprint density at radius 1 is 0.667 bits per heavy atom. The fourth-order valence-corrected chi connectivity index (χ4v) is 4.61. The van der Waals surface area contributed by atoms with E-state index < -0.39 is 0 Å². The Bertz CT molecular complexity index is 244. The number of hydrogen-bond donors (Lipinski definition) is 0. The normalized spacial score (nSPS) is 38.3. The van der Waals surface area contributed by atoms with Gasteiger partial charge in [0, 0.05) is 6.61 Å². The van der Waals surface area contributed by atoms with Crippen LogP contribution in [0, 0.1) is 17.8 Å². The van der Waals surface area contributed by atoms with Gasteiger partial charge < -0.3 is 4.74 Å². The Morgan fingerprint density at radius 2 is 1.39 bits per heavy atom. The average molecular weight is 250 g/mol. The molecule has 0 aliphatic heterocycles. The van der Waals surface area contributed by atoms with Gasteiger partial charge in [0.15, 0.2) is 0 Å². The van der Waals surface area contributed by atoms with Crippen LogP contribution in [0.4, 0.5) is 0 Å². The van der Waals surface area contributed by atoms with E-state index >= 15 is 0 Å². The van der Waals surface area contributed by atoms with Crippen LogP contribution >= 0.6 is 0 Å². The van der Waals surface area contributed by atoms with Crippen molar-refractivity contribution in [3.63, 3.8) is 0 Å². The van der Waals surface area contributed by atoms with Crippen LogP contribution in [0.25, 0.3) is 0 Å². The summed E-state index contributed by atoms with van der Waals surface area (Å²) in [6, 6.07) is 0. The quantitative estimate of drug-likeness (QED) is 0.689. The average Bonchev–Trinajstić information content (AvgIpc) is 2.46. The van der Waals surface area contributed by atoms with Crippen LogP contribution in [0.2, 0.25) is 0 Å². The summed E-state index contributed by atoms with van der Waals surface area (Å²) in [6.45, 7) is 1.07. The number of hydrogen-bond acceptors (Lipinski definition) is 1. The van der Waals surface area contributed by atoms with E-state index in [9.17, 15) is 0 Å². The Labute approximate surface area is 113 Å². The topological polar surface area (TPSA) is 9.23 Å². The fourth-order valence-electron chi connectivity index (χ4n) is 4.61. The van der Waals surface area contributed by atoms with Crippen molar-refractivity contribution in [2.45, 2.75) is 83.2 Å². The van der Waals surface area contributed by atoms with Crippen molar-refractivity contribution in [1.82, 2.24) is 0 Å². The predicted octanol–water partition coefficient (Wildman–Crippen LogP) is 4.94. The minimum Gasteiger partial charge on any atom is -0.378 e. The molecule has 0 spiro atoms. The molecule has 1 heteroatoms. The van der Waals surface area contributed by atoms with E-state index in [1.54, 1.807) is 0 Å². The molecule has 0 aromatic carbocycles. The first-order valence-electron chi connectivity index (χ1n) is 8.53. The van der Waals surface area contributed by atoms with Gasteiger partial charge in [0.1, 0.15) is 0 Å². The summed E-state index contributed by atoms with van der Waals surface area (Å²) in [5, 5.41) is 0. The van der Waals surface area contributed by atoms with Crippen LogP contribution in [0.15, 0.2) is 0 Å². The van der Waals surface area contributed by atoms with E-state index in [1.807, 2.05) is 0 Å². The highest BCUT2D eigenvalue weighted by Gasteiger charge is 2.32. The van der Waals surface area contributed by atoms with Crippen LogP contribution in [-0.4, -0.2) is 12.7 Å². The molecule has 0 N–H and O–H groups in total. The van der Waals surface area contributed by atoms with Crippen LogP contribution in [0.1, 0.15) is 77.0 Å². The largest absolute Gasteiger partial charge is 0.378 e. The smallest absolute Gasteiger partial charge is 0.0578 e. The maximum absolute atomic E-state index is 6.27. The fraction of sp³-hybridized carbons (Fsp3) is 1.00. The first kappa shape index (κ1) is 13.0. The molecule has 0 aromatic rings. The van der Waals surface area contributed by atoms with Gasteiger partial charge in [-0.25, -0.2) is 0 Å². The van der Waals surface area contributed by atoms with Gasteiger partial charge in [0.25, 0.3) is 0 Å². The maximum Gasteiger partial charge on any atom is 0.0578 e. The van der Waals surface area contributed by atoms with Crippen molar-refractivity contribution in [1.29, 1.82) is 0 Å². The highest BCUT2D eigenvalue weighted by Crippen LogP contribution is 2.41. The molecule has 1 nitrogen and oxygen atoms in total. The molecule has 0 saturated heterocycles. The van der Waals surface area contributed by atoms with Crippen LogP contribution in [0.3, 0.4) is 0 Å². The molecule has 18 heavy (non-hydrogen) atoms. The van der Waals surface area contributed by atoms with Crippen molar-refractivity contribution in [3.8, 4) is 0 Å². The van der Waals surface area contributed by atoms with Crippen molar-refractivity contribution in [2.75, 3.05) is 6.61 Å². The SMILES string of the molecule is C1CCC(COC2CCC3CCCCC3C2)CC1. The summed E-state index contributed by atoms with van der Waals surface area (Å²) in [7, 11) is 0. The van der Waals surface area contributed by atoms with Crippen molar-refractivity contribution < 1.29 is 4.74 Å². The molecule has 0 heterocycles. The molecule has 3 rings (SSSR count). The second-order valence-electron chi connectivity index (χ2n) is 7.08. The first-order valence-corrected chi connectivity index (χ1v) is 8.53. The molecule has 3 atom stereocenters. The second kappa shape index (κ2) is 6.41. The van der Waals surface area contributed by atoms with Gasteiger partial charge in [-0.2, -0.15) is 0 Å². The van der Waals surface area contributed by atoms with E-state index in [-0.39, 0.29) is 0 Å². The van der Waals surface area contributed by atoms with Crippen LogP contribution < -0.4 is 0 Å². The monoisotopic (exact) mass is 250 g/mol. The van der Waals surface area contributed by atoms with E-state index in [1.165, 1.54) is 77.0 Å². The molecular formula is C17H30O. The van der Waals surface area contributed by atoms with E-state index in [0.717, 1.165) is 24.4 Å². The summed E-state index contributed by atoms with van der Waals surface area (Å²) in [5.41, 5.74) is 0. The zero-order chi connectivity index (χ0) is 12.2. The zero-order valence-electron chi connectivity index (χ0n) is 11.9. The lowest BCUT2D eigenvalue weighted by Gasteiger charge is -2.39. The minimum atomic E-state index is 0.617. The Morgan fingerprint density at radius 3 is 2.22 bits per heavy atom. The van der Waals surface area contributed by atoms with Crippen molar-refractivity contribution in [2.24, 2.45) is 17.8 Å². The van der Waals surface area contributed by atoms with Gasteiger partial charge in [-0.3, -0.25) is 0 Å². The predicted molar refractivity (Wildman–Crippen MR) is 75.6 cm³/mol. The molecule has 3 saturated carbocycles. The molecule has 3 aliphatic carbocycles. The van der Waals surface area contributed by atoms with E-state index in [0.29, 0.717) is 6.10 Å². The minimum absolute atomic E-state index is 0.617. The Balaban J connectivity index is 1.40. The van der Waals surface area contributed by atoms with Crippen molar-refractivity contribution >= 4 is 0 Å². The highest BCUT2D eigenvalue weighted by atomic mass is 16.5. The molecule has 0 radical (unpaired) electrons. The maximum atomic E-state index is 6.27. The third-order valence-electron chi connectivity index (χ3n) is 5.78. The highest BCUT2D eigenvalue weighted by molar-refractivity contribution is 4.83. The molecule has 0 bridgehead atoms. The van der Waals surface area contributed by atoms with Gasteiger partial charge in [-0.15, -0.1) is 0 Å². The van der Waals surface area contributed by atoms with Crippen molar-refractivity contribution in [3.05, 3.63) is 0 Å². The first-order chi connectivity index (χ1) is 8.92. The summed E-state index contributed by atoms with van der Waals surface area (Å²) in [6.07, 6.45) is 18.0. The molecule has 0 aromatic heterocycles. The number of rotatable bonds is 3. The lowest BCUT2D eigenvalue weighted by molar-refractivity contribution is -0.0311. The third-order valence-corrected chi connectivity index (χ3v) is 5.78. The summed E-state index contributed by atoms with van der Waals surface area (Å²) in [5.74, 6) is 2.97. The van der Waals surface area contributed by atoms with Gasteiger partial charge in [0.05, 0.1) is 6.10 Å². The van der Waals surface area contributed by atoms with E-state index in [2.05, 4.69) is 0 Å². The van der Waals surface area contributed by atoms with Crippen LogP contribution in [-0.2, 0) is 4.74 Å². The molecule has 3 unspecified atom stereocenters. The lowest BCUT2D eigenvalue weighted by Crippen LogP contribution is -2.32. The molecular weight excluding hydrogens is 220 g/mol. The van der Waals surface area contributed by atoms with E-state index in [4.69, 9.17) is 4.74 Å². The van der Waals surface area contributed by atoms with Crippen LogP contribution in [0.5, 0.6) is 0 Å². The lowest BCUT2D eigenvalue weighted by atomic mass is 9.70. The molecule has 104 valence electrons. The Kier molecular flexibility index (Phi) is 4.62. The third kappa shape index (κ3) is 3.29. The summed E-state index contributed by atoms with van der Waals surface area (Å²) < 4.78 is 6.27. The van der Waals surface area contributed by atoms with Gasteiger partial charge >= 0.3 is 0 Å². The number of fused-ring (bicyclic) bond motifs is 1. The standard InChI is InChI=1S/C17H30O/c1-2-6-14(7-3-1)13-18-17-11-10-15-8-4-5-9-16(15)12-17/h14-17H,1-13H2. The van der Waals surface area contributed by atoms with Gasteiger partial charge in [0.2, 0.25) is 0 Å². The van der Waals surface area contributed by atoms with Gasteiger partial charge in [-0.05, 0) is 49.9 Å². The molecule has 0 amide bonds. The second-order valence-corrected chi connectivity index (χ2v) is 7.08. The number of ether oxygens (including phenoxy) is 1. The summed E-state index contributed by atoms with van der Waals surface area (Å²) in [4.78, 5) is 0. The Hall–Kier alpha value is -0.0400. The summed E-state index contributed by atoms with van der Waals surface area (Å²) >= 11 is 0. The zero-order valence-corrected chi connectivity index (χ0v) is 11.9. The molecule has 3 aliphatic rings. The van der Waals surface area contributed by atoms with Gasteiger partial charge in [-0.1, -0.05) is 44.9 Å².